The summed E-state index contributed by atoms with van der Waals surface area (Å²) in [6, 6.07) is 6.22. The van der Waals surface area contributed by atoms with Crippen LogP contribution in [0.5, 0.6) is 5.88 Å². The molecule has 12 heteroatoms. The van der Waals surface area contributed by atoms with Crippen molar-refractivity contribution in [3.05, 3.63) is 53.3 Å². The number of aryl methyl sites for hydroxylation is 1. The van der Waals surface area contributed by atoms with Crippen LogP contribution in [0.25, 0.3) is 22.4 Å². The van der Waals surface area contributed by atoms with E-state index in [-0.39, 0.29) is 17.6 Å². The number of nitrogens with one attached hydrogen (secondary N) is 2. The maximum absolute atomic E-state index is 13.4. The van der Waals surface area contributed by atoms with E-state index in [0.29, 0.717) is 53.7 Å². The van der Waals surface area contributed by atoms with Crippen LogP contribution < -0.4 is 21.1 Å². The number of anilines is 2. The number of methoxy groups -OCH3 is 2. The van der Waals surface area contributed by atoms with Crippen LogP contribution >= 0.6 is 0 Å². The van der Waals surface area contributed by atoms with Crippen LogP contribution in [0.4, 0.5) is 16.4 Å². The third-order valence-corrected chi connectivity index (χ3v) is 6.15. The summed E-state index contributed by atoms with van der Waals surface area (Å²) in [5.41, 5.74) is 0.630. The molecule has 1 aliphatic carbocycles. The number of aromatic nitrogens is 6. The van der Waals surface area contributed by atoms with E-state index in [1.54, 1.807) is 36.7 Å². The van der Waals surface area contributed by atoms with Crippen LogP contribution in [-0.2, 0) is 11.7 Å². The molecule has 4 aromatic heterocycles. The molecule has 0 aromatic carbocycles. The topological polar surface area (TPSA) is 138 Å². The van der Waals surface area contributed by atoms with Crippen LogP contribution in [0, 0.1) is 0 Å². The Hall–Kier alpha value is -4.48. The molecule has 5 rings (SSSR count). The Morgan fingerprint density at radius 1 is 1.11 bits per heavy atom. The second-order valence-electron chi connectivity index (χ2n) is 8.32. The molecule has 12 nitrogen and oxygen atoms in total. The normalized spacial score (nSPS) is 18.8. The number of amides is 1. The lowest BCUT2D eigenvalue weighted by Gasteiger charge is -2.14. The van der Waals surface area contributed by atoms with Crippen LogP contribution in [0.1, 0.15) is 29.4 Å². The van der Waals surface area contributed by atoms with Crippen LogP contribution in [-0.4, -0.2) is 55.4 Å². The number of carbonyl (C=O) groups is 1. The van der Waals surface area contributed by atoms with Gasteiger partial charge in [0, 0.05) is 53.3 Å². The molecule has 36 heavy (non-hydrogen) atoms. The largest absolute Gasteiger partial charge is 0.481 e. The lowest BCUT2D eigenvalue weighted by molar-refractivity contribution is 0.166. The van der Waals surface area contributed by atoms with Gasteiger partial charge in [0.1, 0.15) is 11.6 Å². The number of imidazole rings is 1. The number of hydrogen-bond donors (Lipinski definition) is 2. The molecule has 4 aromatic rings. The fraction of sp³-hybridized carbons (Fsp3) is 0.333. The van der Waals surface area contributed by atoms with E-state index in [1.165, 1.54) is 25.0 Å². The minimum absolute atomic E-state index is 0.183. The highest BCUT2D eigenvalue weighted by atomic mass is 16.5. The third-order valence-electron chi connectivity index (χ3n) is 6.15. The molecule has 186 valence electrons. The van der Waals surface area contributed by atoms with E-state index in [0.717, 1.165) is 4.57 Å². The van der Waals surface area contributed by atoms with Crippen molar-refractivity contribution in [3.8, 4) is 17.3 Å². The van der Waals surface area contributed by atoms with Crippen LogP contribution in [0.3, 0.4) is 0 Å². The van der Waals surface area contributed by atoms with Gasteiger partial charge >= 0.3 is 11.8 Å². The summed E-state index contributed by atoms with van der Waals surface area (Å²) in [5, 5.41) is 5.87. The Labute approximate surface area is 210 Å². The van der Waals surface area contributed by atoms with Crippen molar-refractivity contribution in [3.63, 3.8) is 0 Å². The van der Waals surface area contributed by atoms with Gasteiger partial charge in [0.2, 0.25) is 5.88 Å². The zero-order valence-electron chi connectivity index (χ0n) is 22.6. The summed E-state index contributed by atoms with van der Waals surface area (Å²) >= 11 is 0. The van der Waals surface area contributed by atoms with Crippen molar-refractivity contribution in [1.29, 1.82) is 0 Å². The fourth-order valence-corrected chi connectivity index (χ4v) is 4.45. The van der Waals surface area contributed by atoms with E-state index in [4.69, 9.17) is 8.85 Å². The first-order valence-corrected chi connectivity index (χ1v) is 11.3. The van der Waals surface area contributed by atoms with Crippen molar-refractivity contribution < 1.29 is 18.4 Å². The molecule has 0 saturated heterocycles. The maximum Gasteiger partial charge on any atom is 0.407 e. The van der Waals surface area contributed by atoms with E-state index in [2.05, 4.69) is 35.3 Å². The molecule has 1 saturated carbocycles. The Bertz CT molecular complexity index is 1590. The second-order valence-corrected chi connectivity index (χ2v) is 8.32. The highest BCUT2D eigenvalue weighted by Gasteiger charge is 2.30. The highest BCUT2D eigenvalue weighted by molar-refractivity contribution is 5.79. The first kappa shape index (κ1) is 19.8. The van der Waals surface area contributed by atoms with Gasteiger partial charge in [0.15, 0.2) is 5.82 Å². The molecular formula is C24H26N8O4. The van der Waals surface area contributed by atoms with Gasteiger partial charge in [-0.3, -0.25) is 9.13 Å². The van der Waals surface area contributed by atoms with Crippen molar-refractivity contribution >= 4 is 28.8 Å². The zero-order valence-corrected chi connectivity index (χ0v) is 19.6. The number of alkyl carbamates (subject to hydrolysis) is 1. The number of pyridine rings is 2. The molecule has 0 spiro atoms. The van der Waals surface area contributed by atoms with Gasteiger partial charge < -0.3 is 20.1 Å². The first-order chi connectivity index (χ1) is 18.7. The van der Waals surface area contributed by atoms with E-state index < -0.39 is 18.8 Å². The summed E-state index contributed by atoms with van der Waals surface area (Å²) in [5.74, 6) is 1.66. The number of rotatable bonds is 6. The number of nitrogens with zero attached hydrogens (tertiary/aromatic N) is 6. The standard InChI is InChI=1S/C24H26N8O4/c1-31-18-13-27-20(29-19-7-9-26-22(30-19)14-6-8-25-21(10-14)35-2)12-17(18)32(24(31)34)16-5-4-15(11-16)28-23(33)36-3/h6-10,12-13,15-16H,4-5,11H2,1-3H3,(H,28,33)(H,26,27,29,30)/t15-,16-/m1/s1/i1D3. The minimum atomic E-state index is -2.70. The molecule has 0 bridgehead atoms. The van der Waals surface area contributed by atoms with Gasteiger partial charge in [-0.25, -0.2) is 29.5 Å². The molecular weight excluding hydrogens is 464 g/mol. The number of fused-ring (bicyclic) bond motifs is 1. The van der Waals surface area contributed by atoms with E-state index in [1.807, 2.05) is 0 Å². The molecule has 0 unspecified atom stereocenters. The van der Waals surface area contributed by atoms with Gasteiger partial charge in [0.25, 0.3) is 0 Å². The predicted molar refractivity (Wildman–Crippen MR) is 132 cm³/mol. The fourth-order valence-electron chi connectivity index (χ4n) is 4.45. The quantitative estimate of drug-likeness (QED) is 0.415. The highest BCUT2D eigenvalue weighted by Crippen LogP contribution is 2.32. The lowest BCUT2D eigenvalue weighted by atomic mass is 10.2. The van der Waals surface area contributed by atoms with E-state index in [9.17, 15) is 9.59 Å². The molecule has 4 heterocycles. The predicted octanol–water partition coefficient (Wildman–Crippen LogP) is 2.79. The first-order valence-electron chi connectivity index (χ1n) is 12.8. The Morgan fingerprint density at radius 3 is 2.78 bits per heavy atom. The third kappa shape index (κ3) is 4.44. The Morgan fingerprint density at radius 2 is 1.97 bits per heavy atom. The molecule has 2 atom stereocenters. The summed E-state index contributed by atoms with van der Waals surface area (Å²) in [6.07, 6.45) is 5.63. The van der Waals surface area contributed by atoms with Crippen molar-refractivity contribution in [1.82, 2.24) is 34.4 Å². The summed E-state index contributed by atoms with van der Waals surface area (Å²) < 4.78 is 35.9. The SMILES string of the molecule is [2H]C([2H])([2H])n1c(=O)n([C@@H]2CC[C@@H](NC(=O)OC)C2)c2cc(Nc3ccnc(-c4ccnc(OC)c4)n3)ncc21. The zero-order chi connectivity index (χ0) is 27.7. The molecule has 2 N–H and O–H groups in total. The molecule has 0 radical (unpaired) electrons. The molecule has 1 amide bonds. The number of hydrogen-bond acceptors (Lipinski definition) is 9. The van der Waals surface area contributed by atoms with Gasteiger partial charge in [-0.2, -0.15) is 0 Å². The second kappa shape index (κ2) is 9.64. The average Bonchev–Trinajstić information content (AvgIpc) is 3.49. The maximum atomic E-state index is 13.4. The van der Waals surface area contributed by atoms with Crippen molar-refractivity contribution in [2.24, 2.45) is 6.98 Å². The molecule has 1 aliphatic rings. The van der Waals surface area contributed by atoms with Crippen LogP contribution in [0.2, 0.25) is 0 Å². The van der Waals surface area contributed by atoms with Crippen molar-refractivity contribution in [2.45, 2.75) is 31.3 Å². The van der Waals surface area contributed by atoms with E-state index >= 15 is 0 Å². The summed E-state index contributed by atoms with van der Waals surface area (Å²) in [7, 11) is 2.81. The van der Waals surface area contributed by atoms with Gasteiger partial charge in [-0.05, 0) is 31.4 Å². The average molecular weight is 494 g/mol. The number of carbonyl (C=O) groups excluding carboxylic acids is 1. The summed E-state index contributed by atoms with van der Waals surface area (Å²) in [6.45, 7) is -2.70. The van der Waals surface area contributed by atoms with Gasteiger partial charge in [-0.1, -0.05) is 0 Å². The smallest absolute Gasteiger partial charge is 0.407 e. The lowest BCUT2D eigenvalue weighted by Crippen LogP contribution is -2.33. The Balaban J connectivity index is 1.50. The monoisotopic (exact) mass is 493 g/mol. The summed E-state index contributed by atoms with van der Waals surface area (Å²) in [4.78, 5) is 42.4. The van der Waals surface area contributed by atoms with Gasteiger partial charge in [0.05, 0.1) is 31.4 Å². The minimum Gasteiger partial charge on any atom is -0.481 e. The van der Waals surface area contributed by atoms with Crippen molar-refractivity contribution in [2.75, 3.05) is 19.5 Å². The molecule has 1 fully saturated rings. The Kier molecular flexibility index (Phi) is 5.30. The molecule has 0 aliphatic heterocycles. The number of ether oxygens (including phenoxy) is 2. The van der Waals surface area contributed by atoms with Crippen LogP contribution in [0.15, 0.2) is 47.7 Å². The van der Waals surface area contributed by atoms with Gasteiger partial charge in [-0.15, -0.1) is 0 Å².